The Morgan fingerprint density at radius 2 is 1.00 bits per heavy atom. The molecule has 1 N–H and O–H groups in total. The molecule has 20 heavy (non-hydrogen) atoms. The van der Waals surface area contributed by atoms with E-state index in [2.05, 4.69) is 48.5 Å². The molecule has 2 aromatic carbocycles. The Kier molecular flexibility index (Phi) is 12.7. The molecular formula is C18H26O2. The van der Waals surface area contributed by atoms with E-state index in [4.69, 9.17) is 9.84 Å². The van der Waals surface area contributed by atoms with E-state index in [0.29, 0.717) is 0 Å². The third-order valence-electron chi connectivity index (χ3n) is 2.29. The van der Waals surface area contributed by atoms with Crippen LogP contribution in [0.2, 0.25) is 0 Å². The van der Waals surface area contributed by atoms with Gasteiger partial charge in [-0.3, -0.25) is 0 Å². The van der Waals surface area contributed by atoms with Gasteiger partial charge in [0, 0.05) is 19.8 Å². The van der Waals surface area contributed by atoms with Gasteiger partial charge in [-0.05, 0) is 31.9 Å². The second kappa shape index (κ2) is 13.8. The van der Waals surface area contributed by atoms with Crippen LogP contribution >= 0.6 is 0 Å². The highest BCUT2D eigenvalue weighted by Crippen LogP contribution is 2.17. The smallest absolute Gasteiger partial charge is 0.0437 e. The van der Waals surface area contributed by atoms with Crippen molar-refractivity contribution < 1.29 is 9.84 Å². The summed E-state index contributed by atoms with van der Waals surface area (Å²) in [6.07, 6.45) is 0. The molecule has 0 unspecified atom stereocenters. The minimum atomic E-state index is 0.250. The maximum atomic E-state index is 7.57. The van der Waals surface area contributed by atoms with E-state index >= 15 is 0 Å². The van der Waals surface area contributed by atoms with E-state index in [9.17, 15) is 0 Å². The largest absolute Gasteiger partial charge is 0.397 e. The van der Waals surface area contributed by atoms with Crippen LogP contribution in [-0.4, -0.2) is 24.9 Å². The normalized spacial score (nSPS) is 8.80. The second-order valence-electron chi connectivity index (χ2n) is 3.83. The highest BCUT2D eigenvalue weighted by atomic mass is 16.5. The molecule has 0 fully saturated rings. The summed E-state index contributed by atoms with van der Waals surface area (Å²) < 4.78 is 4.83. The molecule has 0 aliphatic heterocycles. The summed E-state index contributed by atoms with van der Waals surface area (Å²) in [4.78, 5) is 0. The van der Waals surface area contributed by atoms with Crippen LogP contribution in [0.4, 0.5) is 0 Å². The molecular weight excluding hydrogens is 248 g/mol. The summed E-state index contributed by atoms with van der Waals surface area (Å²) in [7, 11) is 0. The Balaban J connectivity index is 0.000000382. The Labute approximate surface area is 123 Å². The second-order valence-corrected chi connectivity index (χ2v) is 3.83. The van der Waals surface area contributed by atoms with Crippen molar-refractivity contribution in [3.05, 3.63) is 60.7 Å². The van der Waals surface area contributed by atoms with Crippen molar-refractivity contribution >= 4 is 0 Å². The van der Waals surface area contributed by atoms with Crippen LogP contribution in [0.25, 0.3) is 11.1 Å². The van der Waals surface area contributed by atoms with E-state index in [0.717, 1.165) is 13.2 Å². The Hall–Kier alpha value is -1.64. The lowest BCUT2D eigenvalue weighted by molar-refractivity contribution is 0.162. The van der Waals surface area contributed by atoms with Crippen molar-refractivity contribution in [2.75, 3.05) is 19.8 Å². The summed E-state index contributed by atoms with van der Waals surface area (Å²) in [5.41, 5.74) is 2.55. The molecule has 2 nitrogen and oxygen atoms in total. The zero-order valence-corrected chi connectivity index (χ0v) is 12.8. The molecule has 0 bridgehead atoms. The van der Waals surface area contributed by atoms with Gasteiger partial charge in [0.05, 0.1) is 0 Å². The fourth-order valence-electron chi connectivity index (χ4n) is 1.47. The molecule has 2 rings (SSSR count). The molecule has 0 amide bonds. The molecule has 0 saturated carbocycles. The summed E-state index contributed by atoms with van der Waals surface area (Å²) >= 11 is 0. The van der Waals surface area contributed by atoms with Crippen LogP contribution < -0.4 is 0 Å². The molecule has 0 spiro atoms. The SMILES string of the molecule is CCO.CCOCC.c1ccc(-c2ccccc2)cc1. The summed E-state index contributed by atoms with van der Waals surface area (Å²) in [6.45, 7) is 7.60. The first-order valence-corrected chi connectivity index (χ1v) is 7.09. The average molecular weight is 274 g/mol. The highest BCUT2D eigenvalue weighted by Gasteiger charge is 1.91. The van der Waals surface area contributed by atoms with E-state index in [-0.39, 0.29) is 6.61 Å². The molecule has 0 saturated heterocycles. The minimum absolute atomic E-state index is 0.250. The van der Waals surface area contributed by atoms with Gasteiger partial charge in [0.15, 0.2) is 0 Å². The monoisotopic (exact) mass is 274 g/mol. The maximum Gasteiger partial charge on any atom is 0.0437 e. The van der Waals surface area contributed by atoms with Crippen LogP contribution in [0.3, 0.4) is 0 Å². The molecule has 110 valence electrons. The molecule has 2 aromatic rings. The van der Waals surface area contributed by atoms with Crippen molar-refractivity contribution in [1.29, 1.82) is 0 Å². The van der Waals surface area contributed by atoms with Gasteiger partial charge in [0.2, 0.25) is 0 Å². The molecule has 0 aliphatic carbocycles. The third kappa shape index (κ3) is 9.31. The lowest BCUT2D eigenvalue weighted by atomic mass is 10.1. The van der Waals surface area contributed by atoms with Crippen LogP contribution in [-0.2, 0) is 4.74 Å². The van der Waals surface area contributed by atoms with Crippen molar-refractivity contribution in [3.8, 4) is 11.1 Å². The maximum absolute atomic E-state index is 7.57. The van der Waals surface area contributed by atoms with Gasteiger partial charge in [-0.15, -0.1) is 0 Å². The van der Waals surface area contributed by atoms with Gasteiger partial charge in [-0.2, -0.15) is 0 Å². The summed E-state index contributed by atoms with van der Waals surface area (Å²) in [5, 5.41) is 7.57. The number of aliphatic hydroxyl groups is 1. The number of aliphatic hydroxyl groups excluding tert-OH is 1. The first-order valence-electron chi connectivity index (χ1n) is 7.09. The molecule has 0 heterocycles. The predicted octanol–water partition coefficient (Wildman–Crippen LogP) is 4.40. The van der Waals surface area contributed by atoms with Gasteiger partial charge in [-0.25, -0.2) is 0 Å². The van der Waals surface area contributed by atoms with Crippen LogP contribution in [0.1, 0.15) is 20.8 Å². The lowest BCUT2D eigenvalue weighted by Gasteiger charge is -1.98. The standard InChI is InChI=1S/C12H10.C4H10O.C2H6O/c1-3-7-11(8-4-1)12-9-5-2-6-10-12;1-3-5-4-2;1-2-3/h1-10H;3-4H2,1-2H3;3H,2H2,1H3. The van der Waals surface area contributed by atoms with Crippen molar-refractivity contribution in [1.82, 2.24) is 0 Å². The van der Waals surface area contributed by atoms with E-state index < -0.39 is 0 Å². The fraction of sp³-hybridized carbons (Fsp3) is 0.333. The van der Waals surface area contributed by atoms with E-state index in [1.807, 2.05) is 26.0 Å². The fourth-order valence-corrected chi connectivity index (χ4v) is 1.47. The number of hydrogen-bond acceptors (Lipinski definition) is 2. The van der Waals surface area contributed by atoms with Gasteiger partial charge in [0.1, 0.15) is 0 Å². The van der Waals surface area contributed by atoms with Gasteiger partial charge < -0.3 is 9.84 Å². The van der Waals surface area contributed by atoms with Gasteiger partial charge >= 0.3 is 0 Å². The lowest BCUT2D eigenvalue weighted by Crippen LogP contribution is -1.84. The zero-order chi connectivity index (χ0) is 15.1. The Bertz CT molecular complexity index is 359. The quantitative estimate of drug-likeness (QED) is 0.899. The number of ether oxygens (including phenoxy) is 1. The first kappa shape index (κ1) is 18.4. The molecule has 2 heteroatoms. The predicted molar refractivity (Wildman–Crippen MR) is 86.8 cm³/mol. The minimum Gasteiger partial charge on any atom is -0.397 e. The van der Waals surface area contributed by atoms with E-state index in [1.165, 1.54) is 11.1 Å². The van der Waals surface area contributed by atoms with Crippen LogP contribution in [0.15, 0.2) is 60.7 Å². The average Bonchev–Trinajstić information content (AvgIpc) is 2.51. The summed E-state index contributed by atoms with van der Waals surface area (Å²) in [6, 6.07) is 20.8. The third-order valence-corrected chi connectivity index (χ3v) is 2.29. The summed E-state index contributed by atoms with van der Waals surface area (Å²) in [5.74, 6) is 0. The van der Waals surface area contributed by atoms with Gasteiger partial charge in [0.25, 0.3) is 0 Å². The van der Waals surface area contributed by atoms with Crippen LogP contribution in [0, 0.1) is 0 Å². The zero-order valence-electron chi connectivity index (χ0n) is 12.8. The van der Waals surface area contributed by atoms with Crippen LogP contribution in [0.5, 0.6) is 0 Å². The number of benzene rings is 2. The molecule has 0 aliphatic rings. The molecule has 0 atom stereocenters. The van der Waals surface area contributed by atoms with Crippen molar-refractivity contribution in [2.24, 2.45) is 0 Å². The Morgan fingerprint density at radius 3 is 1.20 bits per heavy atom. The first-order chi connectivity index (χ1) is 9.79. The highest BCUT2D eigenvalue weighted by molar-refractivity contribution is 5.62. The number of hydrogen-bond donors (Lipinski definition) is 1. The van der Waals surface area contributed by atoms with Gasteiger partial charge in [-0.1, -0.05) is 60.7 Å². The van der Waals surface area contributed by atoms with E-state index in [1.54, 1.807) is 6.92 Å². The number of rotatable bonds is 3. The molecule has 0 aromatic heterocycles. The Morgan fingerprint density at radius 1 is 0.700 bits per heavy atom. The van der Waals surface area contributed by atoms with Crippen molar-refractivity contribution in [2.45, 2.75) is 20.8 Å². The molecule has 0 radical (unpaired) electrons. The van der Waals surface area contributed by atoms with Crippen molar-refractivity contribution in [3.63, 3.8) is 0 Å². The topological polar surface area (TPSA) is 29.5 Å².